The molecule has 1 N–H and O–H groups in total. The Hall–Kier alpha value is -2.36. The van der Waals surface area contributed by atoms with Crippen LogP contribution >= 0.6 is 0 Å². The molecular formula is C19H24N2O2. The largest absolute Gasteiger partial charge is 0.489 e. The van der Waals surface area contributed by atoms with Crippen LogP contribution in [0.2, 0.25) is 0 Å². The van der Waals surface area contributed by atoms with Crippen molar-refractivity contribution in [2.75, 3.05) is 0 Å². The van der Waals surface area contributed by atoms with E-state index in [0.29, 0.717) is 18.9 Å². The maximum atomic E-state index is 11.8. The SMILES string of the molecule is CC(C)CC(=O)N[C@H](C)c1ccc(OCc2cccnc2)cc1. The molecule has 0 spiro atoms. The first-order valence-electron chi connectivity index (χ1n) is 7.95. The molecule has 0 radical (unpaired) electrons. The van der Waals surface area contributed by atoms with Gasteiger partial charge >= 0.3 is 0 Å². The van der Waals surface area contributed by atoms with Crippen LogP contribution in [-0.4, -0.2) is 10.9 Å². The summed E-state index contributed by atoms with van der Waals surface area (Å²) < 4.78 is 5.73. The number of pyridine rings is 1. The highest BCUT2D eigenvalue weighted by Crippen LogP contribution is 2.19. The third kappa shape index (κ3) is 5.74. The molecule has 1 amide bonds. The lowest BCUT2D eigenvalue weighted by Gasteiger charge is -2.16. The van der Waals surface area contributed by atoms with Gasteiger partial charge < -0.3 is 10.1 Å². The zero-order valence-corrected chi connectivity index (χ0v) is 14.0. The molecular weight excluding hydrogens is 288 g/mol. The second-order valence-electron chi connectivity index (χ2n) is 6.11. The minimum absolute atomic E-state index is 0.00590. The van der Waals surface area contributed by atoms with Gasteiger partial charge in [0.05, 0.1) is 6.04 Å². The Bertz CT molecular complexity index is 609. The number of rotatable bonds is 7. The summed E-state index contributed by atoms with van der Waals surface area (Å²) in [4.78, 5) is 15.9. The molecule has 23 heavy (non-hydrogen) atoms. The normalized spacial score (nSPS) is 12.0. The molecule has 0 aliphatic rings. The molecule has 2 rings (SSSR count). The third-order valence-corrected chi connectivity index (χ3v) is 3.48. The van der Waals surface area contributed by atoms with E-state index in [1.165, 1.54) is 0 Å². The van der Waals surface area contributed by atoms with Crippen LogP contribution < -0.4 is 10.1 Å². The van der Waals surface area contributed by atoms with E-state index < -0.39 is 0 Å². The summed E-state index contributed by atoms with van der Waals surface area (Å²) in [5.41, 5.74) is 2.10. The van der Waals surface area contributed by atoms with E-state index in [2.05, 4.69) is 10.3 Å². The molecule has 0 saturated heterocycles. The molecule has 0 aliphatic heterocycles. The molecule has 1 atom stereocenters. The van der Waals surface area contributed by atoms with Crippen LogP contribution in [0.4, 0.5) is 0 Å². The zero-order chi connectivity index (χ0) is 16.7. The van der Waals surface area contributed by atoms with Crippen molar-refractivity contribution in [1.82, 2.24) is 10.3 Å². The molecule has 2 aromatic rings. The van der Waals surface area contributed by atoms with E-state index in [0.717, 1.165) is 16.9 Å². The quantitative estimate of drug-likeness (QED) is 0.844. The van der Waals surface area contributed by atoms with Crippen LogP contribution in [0.15, 0.2) is 48.8 Å². The van der Waals surface area contributed by atoms with E-state index in [-0.39, 0.29) is 11.9 Å². The van der Waals surface area contributed by atoms with Crippen molar-refractivity contribution in [3.05, 3.63) is 59.9 Å². The lowest BCUT2D eigenvalue weighted by Crippen LogP contribution is -2.27. The van der Waals surface area contributed by atoms with E-state index in [4.69, 9.17) is 4.74 Å². The fourth-order valence-corrected chi connectivity index (χ4v) is 2.26. The minimum Gasteiger partial charge on any atom is -0.489 e. The number of carbonyl (C=O) groups excluding carboxylic acids is 1. The fourth-order valence-electron chi connectivity index (χ4n) is 2.26. The number of hydrogen-bond donors (Lipinski definition) is 1. The molecule has 4 nitrogen and oxygen atoms in total. The number of hydrogen-bond acceptors (Lipinski definition) is 3. The molecule has 0 saturated carbocycles. The van der Waals surface area contributed by atoms with Gasteiger partial charge in [-0.05, 0) is 36.6 Å². The predicted molar refractivity (Wildman–Crippen MR) is 91.0 cm³/mol. The Morgan fingerprint density at radius 1 is 1.17 bits per heavy atom. The van der Waals surface area contributed by atoms with Gasteiger partial charge in [-0.1, -0.05) is 32.0 Å². The van der Waals surface area contributed by atoms with Gasteiger partial charge in [-0.3, -0.25) is 9.78 Å². The number of carbonyl (C=O) groups is 1. The lowest BCUT2D eigenvalue weighted by atomic mass is 10.1. The van der Waals surface area contributed by atoms with Crippen molar-refractivity contribution in [3.8, 4) is 5.75 Å². The summed E-state index contributed by atoms with van der Waals surface area (Å²) >= 11 is 0. The molecule has 1 heterocycles. The second-order valence-corrected chi connectivity index (χ2v) is 6.11. The number of benzene rings is 1. The first kappa shape index (κ1) is 17.0. The predicted octanol–water partition coefficient (Wildman–Crippen LogP) is 3.88. The molecule has 4 heteroatoms. The summed E-state index contributed by atoms with van der Waals surface area (Å²) in [5.74, 6) is 1.26. The average molecular weight is 312 g/mol. The smallest absolute Gasteiger partial charge is 0.220 e. The molecule has 0 bridgehead atoms. The first-order chi connectivity index (χ1) is 11.0. The van der Waals surface area contributed by atoms with Crippen LogP contribution in [0.1, 0.15) is 44.4 Å². The second kappa shape index (κ2) is 8.32. The van der Waals surface area contributed by atoms with Crippen LogP contribution in [-0.2, 0) is 11.4 Å². The Morgan fingerprint density at radius 2 is 1.91 bits per heavy atom. The molecule has 0 unspecified atom stereocenters. The third-order valence-electron chi connectivity index (χ3n) is 3.48. The van der Waals surface area contributed by atoms with Gasteiger partial charge in [-0.15, -0.1) is 0 Å². The molecule has 0 aliphatic carbocycles. The summed E-state index contributed by atoms with van der Waals surface area (Å²) in [5, 5.41) is 3.02. The number of ether oxygens (including phenoxy) is 1. The van der Waals surface area contributed by atoms with E-state index in [1.807, 2.05) is 57.2 Å². The van der Waals surface area contributed by atoms with E-state index in [9.17, 15) is 4.79 Å². The van der Waals surface area contributed by atoms with Gasteiger partial charge in [0, 0.05) is 24.4 Å². The molecule has 1 aromatic carbocycles. The first-order valence-corrected chi connectivity index (χ1v) is 7.95. The van der Waals surface area contributed by atoms with Gasteiger partial charge in [-0.25, -0.2) is 0 Å². The Morgan fingerprint density at radius 3 is 2.52 bits per heavy atom. The number of nitrogens with one attached hydrogen (secondary N) is 1. The summed E-state index contributed by atoms with van der Waals surface area (Å²) in [7, 11) is 0. The molecule has 1 aromatic heterocycles. The maximum absolute atomic E-state index is 11.8. The van der Waals surface area contributed by atoms with Crippen LogP contribution in [0.25, 0.3) is 0 Å². The van der Waals surface area contributed by atoms with Gasteiger partial charge in [0.1, 0.15) is 12.4 Å². The van der Waals surface area contributed by atoms with E-state index >= 15 is 0 Å². The highest BCUT2D eigenvalue weighted by atomic mass is 16.5. The van der Waals surface area contributed by atoms with Crippen molar-refractivity contribution in [2.24, 2.45) is 5.92 Å². The van der Waals surface area contributed by atoms with E-state index in [1.54, 1.807) is 12.4 Å². The van der Waals surface area contributed by atoms with Crippen molar-refractivity contribution < 1.29 is 9.53 Å². The Balaban J connectivity index is 1.87. The Kier molecular flexibility index (Phi) is 6.15. The average Bonchev–Trinajstić information content (AvgIpc) is 2.53. The van der Waals surface area contributed by atoms with Crippen molar-refractivity contribution in [1.29, 1.82) is 0 Å². The van der Waals surface area contributed by atoms with Crippen LogP contribution in [0.3, 0.4) is 0 Å². The van der Waals surface area contributed by atoms with Gasteiger partial charge in [0.25, 0.3) is 0 Å². The maximum Gasteiger partial charge on any atom is 0.220 e. The minimum atomic E-state index is -0.00590. The van der Waals surface area contributed by atoms with Crippen LogP contribution in [0.5, 0.6) is 5.75 Å². The number of amides is 1. The topological polar surface area (TPSA) is 51.2 Å². The fraction of sp³-hybridized carbons (Fsp3) is 0.368. The van der Waals surface area contributed by atoms with Crippen molar-refractivity contribution >= 4 is 5.91 Å². The summed E-state index contributed by atoms with van der Waals surface area (Å²) in [6, 6.07) is 11.7. The van der Waals surface area contributed by atoms with Gasteiger partial charge in [-0.2, -0.15) is 0 Å². The lowest BCUT2D eigenvalue weighted by molar-refractivity contribution is -0.122. The monoisotopic (exact) mass is 312 g/mol. The zero-order valence-electron chi connectivity index (χ0n) is 14.0. The highest BCUT2D eigenvalue weighted by molar-refractivity contribution is 5.76. The Labute approximate surface area is 137 Å². The molecule has 122 valence electrons. The van der Waals surface area contributed by atoms with Crippen LogP contribution in [0, 0.1) is 5.92 Å². The van der Waals surface area contributed by atoms with Crippen molar-refractivity contribution in [2.45, 2.75) is 39.8 Å². The highest BCUT2D eigenvalue weighted by Gasteiger charge is 2.10. The molecule has 0 fully saturated rings. The standard InChI is InChI=1S/C19H24N2O2/c1-14(2)11-19(22)21-15(3)17-6-8-18(9-7-17)23-13-16-5-4-10-20-12-16/h4-10,12,14-15H,11,13H2,1-3H3,(H,21,22)/t15-/m1/s1. The number of nitrogens with zero attached hydrogens (tertiary/aromatic N) is 1. The van der Waals surface area contributed by atoms with Gasteiger partial charge in [0.15, 0.2) is 0 Å². The van der Waals surface area contributed by atoms with Crippen molar-refractivity contribution in [3.63, 3.8) is 0 Å². The summed E-state index contributed by atoms with van der Waals surface area (Å²) in [6.45, 7) is 6.56. The summed E-state index contributed by atoms with van der Waals surface area (Å²) in [6.07, 6.45) is 4.09. The number of aromatic nitrogens is 1. The van der Waals surface area contributed by atoms with Gasteiger partial charge in [0.2, 0.25) is 5.91 Å².